The van der Waals surface area contributed by atoms with E-state index in [1.165, 1.54) is 30.0 Å². The van der Waals surface area contributed by atoms with Crippen LogP contribution in [0, 0.1) is 5.82 Å². The van der Waals surface area contributed by atoms with E-state index in [1.807, 2.05) is 0 Å². The van der Waals surface area contributed by atoms with Gasteiger partial charge >= 0.3 is 0 Å². The molecule has 0 unspecified atom stereocenters. The molecule has 0 aliphatic rings. The second-order valence-electron chi connectivity index (χ2n) is 3.91. The van der Waals surface area contributed by atoms with Crippen LogP contribution >= 0.6 is 0 Å². The minimum absolute atomic E-state index is 0.114. The fraction of sp³-hybridized carbons (Fsp3) is 0.250. The minimum atomic E-state index is -0.410. The first-order valence-electron chi connectivity index (χ1n) is 5.37. The Kier molecular flexibility index (Phi) is 3.20. The largest absolute Gasteiger partial charge is 0.393 e. The molecule has 18 heavy (non-hydrogen) atoms. The molecule has 2 aromatic rings. The summed E-state index contributed by atoms with van der Waals surface area (Å²) in [5, 5.41) is 0. The summed E-state index contributed by atoms with van der Waals surface area (Å²) in [6.07, 6.45) is 0. The van der Waals surface area contributed by atoms with Crippen LogP contribution < -0.4 is 11.3 Å². The molecule has 96 valence electrons. The summed E-state index contributed by atoms with van der Waals surface area (Å²) in [7, 11) is 3.19. The van der Waals surface area contributed by atoms with Crippen molar-refractivity contribution < 1.29 is 9.13 Å². The van der Waals surface area contributed by atoms with Gasteiger partial charge in [0.1, 0.15) is 11.5 Å². The van der Waals surface area contributed by atoms with Gasteiger partial charge in [-0.15, -0.1) is 0 Å². The highest BCUT2D eigenvalue weighted by molar-refractivity contribution is 5.45. The Morgan fingerprint density at radius 3 is 2.78 bits per heavy atom. The molecule has 1 aromatic heterocycles. The maximum Gasteiger partial charge on any atom is 0.294 e. The van der Waals surface area contributed by atoms with Crippen molar-refractivity contribution in [1.82, 2.24) is 9.36 Å². The van der Waals surface area contributed by atoms with Gasteiger partial charge in [-0.05, 0) is 18.2 Å². The van der Waals surface area contributed by atoms with Crippen molar-refractivity contribution in [3.8, 4) is 5.69 Å². The summed E-state index contributed by atoms with van der Waals surface area (Å²) in [4.78, 5) is 12.0. The first kappa shape index (κ1) is 12.4. The van der Waals surface area contributed by atoms with Crippen LogP contribution in [0.15, 0.2) is 29.1 Å². The lowest BCUT2D eigenvalue weighted by molar-refractivity contribution is 0.177. The van der Waals surface area contributed by atoms with Crippen molar-refractivity contribution in [2.45, 2.75) is 6.61 Å². The van der Waals surface area contributed by atoms with E-state index in [4.69, 9.17) is 10.5 Å². The van der Waals surface area contributed by atoms with Crippen molar-refractivity contribution >= 4 is 5.69 Å². The molecule has 0 saturated carbocycles. The van der Waals surface area contributed by atoms with Crippen LogP contribution in [0.1, 0.15) is 5.69 Å². The zero-order chi connectivity index (χ0) is 13.3. The normalized spacial score (nSPS) is 10.8. The van der Waals surface area contributed by atoms with Crippen LogP contribution in [-0.4, -0.2) is 16.5 Å². The number of hydrogen-bond donors (Lipinski definition) is 1. The van der Waals surface area contributed by atoms with E-state index in [9.17, 15) is 9.18 Å². The van der Waals surface area contributed by atoms with Gasteiger partial charge in [0.05, 0.1) is 18.0 Å². The van der Waals surface area contributed by atoms with Gasteiger partial charge in [-0.3, -0.25) is 9.48 Å². The first-order valence-corrected chi connectivity index (χ1v) is 5.37. The van der Waals surface area contributed by atoms with Gasteiger partial charge in [0, 0.05) is 14.2 Å². The lowest BCUT2D eigenvalue weighted by Crippen LogP contribution is -2.20. The number of anilines is 1. The van der Waals surface area contributed by atoms with Crippen LogP contribution in [0.4, 0.5) is 10.1 Å². The van der Waals surface area contributed by atoms with Crippen LogP contribution in [0.25, 0.3) is 5.69 Å². The summed E-state index contributed by atoms with van der Waals surface area (Å²) in [6.45, 7) is 0.222. The van der Waals surface area contributed by atoms with E-state index < -0.39 is 5.82 Å². The van der Waals surface area contributed by atoms with Gasteiger partial charge in [0.25, 0.3) is 5.56 Å². The molecule has 1 heterocycles. The number of methoxy groups -OCH3 is 1. The van der Waals surface area contributed by atoms with Crippen molar-refractivity contribution in [3.05, 3.63) is 46.1 Å². The SMILES string of the molecule is COCc1c(N)c(=O)n(-c2cccc(F)c2)n1C. The standard InChI is InChI=1S/C12H14FN3O2/c1-15-10(7-18-2)11(14)12(17)16(15)9-5-3-4-8(13)6-9/h3-6H,7,14H2,1-2H3. The van der Waals surface area contributed by atoms with E-state index in [-0.39, 0.29) is 17.9 Å². The molecule has 0 bridgehead atoms. The topological polar surface area (TPSA) is 62.2 Å². The second kappa shape index (κ2) is 4.66. The maximum absolute atomic E-state index is 13.2. The molecule has 6 heteroatoms. The number of halogens is 1. The van der Waals surface area contributed by atoms with Gasteiger partial charge in [-0.2, -0.15) is 0 Å². The molecule has 0 radical (unpaired) electrons. The molecule has 0 aliphatic carbocycles. The molecular formula is C12H14FN3O2. The number of rotatable bonds is 3. The second-order valence-corrected chi connectivity index (χ2v) is 3.91. The Morgan fingerprint density at radius 2 is 2.17 bits per heavy atom. The highest BCUT2D eigenvalue weighted by Gasteiger charge is 2.16. The molecule has 2 N–H and O–H groups in total. The Morgan fingerprint density at radius 1 is 1.44 bits per heavy atom. The monoisotopic (exact) mass is 251 g/mol. The average Bonchev–Trinajstić information content (AvgIpc) is 2.54. The lowest BCUT2D eigenvalue weighted by Gasteiger charge is -2.09. The Hall–Kier alpha value is -2.08. The number of ether oxygens (including phenoxy) is 1. The number of benzene rings is 1. The smallest absolute Gasteiger partial charge is 0.294 e. The van der Waals surface area contributed by atoms with E-state index in [0.29, 0.717) is 11.4 Å². The fourth-order valence-electron chi connectivity index (χ4n) is 1.88. The van der Waals surface area contributed by atoms with Crippen molar-refractivity contribution in [2.24, 2.45) is 7.05 Å². The summed E-state index contributed by atoms with van der Waals surface area (Å²) in [5.74, 6) is -0.410. The molecule has 0 spiro atoms. The van der Waals surface area contributed by atoms with Crippen LogP contribution in [0.5, 0.6) is 0 Å². The predicted octanol–water partition coefficient (Wildman–Crippen LogP) is 1.04. The summed E-state index contributed by atoms with van der Waals surface area (Å²) >= 11 is 0. The molecule has 0 saturated heterocycles. The Balaban J connectivity index is 2.65. The van der Waals surface area contributed by atoms with E-state index in [1.54, 1.807) is 17.8 Å². The predicted molar refractivity (Wildman–Crippen MR) is 66.1 cm³/mol. The van der Waals surface area contributed by atoms with Crippen LogP contribution in [-0.2, 0) is 18.4 Å². The van der Waals surface area contributed by atoms with Crippen molar-refractivity contribution in [3.63, 3.8) is 0 Å². The molecule has 2 rings (SSSR count). The van der Waals surface area contributed by atoms with Crippen molar-refractivity contribution in [1.29, 1.82) is 0 Å². The lowest BCUT2D eigenvalue weighted by atomic mass is 10.3. The van der Waals surface area contributed by atoms with Gasteiger partial charge in [-0.25, -0.2) is 9.07 Å². The number of nitrogens with zero attached hydrogens (tertiary/aromatic N) is 2. The minimum Gasteiger partial charge on any atom is -0.393 e. The van der Waals surface area contributed by atoms with E-state index >= 15 is 0 Å². The number of aromatic nitrogens is 2. The van der Waals surface area contributed by atoms with Crippen molar-refractivity contribution in [2.75, 3.05) is 12.8 Å². The first-order chi connectivity index (χ1) is 8.56. The molecule has 0 atom stereocenters. The third-order valence-corrected chi connectivity index (χ3v) is 2.76. The Labute approximate surface area is 103 Å². The quantitative estimate of drug-likeness (QED) is 0.886. The van der Waals surface area contributed by atoms with Gasteiger partial charge in [0.2, 0.25) is 0 Å². The van der Waals surface area contributed by atoms with Gasteiger partial charge < -0.3 is 10.5 Å². The average molecular weight is 251 g/mol. The number of nitrogen functional groups attached to an aromatic ring is 1. The zero-order valence-corrected chi connectivity index (χ0v) is 10.2. The van der Waals surface area contributed by atoms with Gasteiger partial charge in [0.15, 0.2) is 0 Å². The third kappa shape index (κ3) is 1.91. The van der Waals surface area contributed by atoms with Crippen LogP contribution in [0.3, 0.4) is 0 Å². The Bertz CT molecular complexity index is 631. The molecule has 5 nitrogen and oxygen atoms in total. The summed E-state index contributed by atoms with van der Waals surface area (Å²) in [5.41, 5.74) is 6.46. The maximum atomic E-state index is 13.2. The number of nitrogens with two attached hydrogens (primary N) is 1. The molecular weight excluding hydrogens is 237 g/mol. The van der Waals surface area contributed by atoms with E-state index in [2.05, 4.69) is 0 Å². The van der Waals surface area contributed by atoms with Gasteiger partial charge in [-0.1, -0.05) is 6.07 Å². The molecule has 1 aromatic carbocycles. The molecule has 0 fully saturated rings. The highest BCUT2D eigenvalue weighted by Crippen LogP contribution is 2.14. The summed E-state index contributed by atoms with van der Waals surface area (Å²) < 4.78 is 21.1. The van der Waals surface area contributed by atoms with E-state index in [0.717, 1.165) is 0 Å². The summed E-state index contributed by atoms with van der Waals surface area (Å²) in [6, 6.07) is 5.77. The molecule has 0 amide bonds. The third-order valence-electron chi connectivity index (χ3n) is 2.76. The highest BCUT2D eigenvalue weighted by atomic mass is 19.1. The zero-order valence-electron chi connectivity index (χ0n) is 10.2. The van der Waals surface area contributed by atoms with Crippen LogP contribution in [0.2, 0.25) is 0 Å². The fourth-order valence-corrected chi connectivity index (χ4v) is 1.88. The molecule has 0 aliphatic heterocycles. The number of hydrogen-bond acceptors (Lipinski definition) is 3.